The van der Waals surface area contributed by atoms with E-state index in [1.54, 1.807) is 6.08 Å². The largest absolute Gasteiger partial charge is 0.396 e. The molecular formula is C12H15ClN2O4. The fourth-order valence-corrected chi connectivity index (χ4v) is 2.55. The van der Waals surface area contributed by atoms with E-state index in [9.17, 15) is 19.8 Å². The summed E-state index contributed by atoms with van der Waals surface area (Å²) in [5, 5.41) is 18.6. The van der Waals surface area contributed by atoms with Gasteiger partial charge in [-0.1, -0.05) is 17.7 Å². The van der Waals surface area contributed by atoms with Crippen LogP contribution >= 0.6 is 11.6 Å². The van der Waals surface area contributed by atoms with E-state index < -0.39 is 16.7 Å². The molecule has 0 spiro atoms. The van der Waals surface area contributed by atoms with Gasteiger partial charge in [-0.15, -0.1) is 0 Å². The number of nitrogens with one attached hydrogen (secondary N) is 2. The summed E-state index contributed by atoms with van der Waals surface area (Å²) >= 11 is 5.89. The van der Waals surface area contributed by atoms with E-state index >= 15 is 0 Å². The highest BCUT2D eigenvalue weighted by atomic mass is 35.5. The van der Waals surface area contributed by atoms with Crippen molar-refractivity contribution in [2.75, 3.05) is 13.2 Å². The molecule has 6 nitrogen and oxygen atoms in total. The van der Waals surface area contributed by atoms with Crippen LogP contribution in [0.4, 0.5) is 0 Å². The van der Waals surface area contributed by atoms with Gasteiger partial charge in [-0.05, 0) is 24.8 Å². The number of aliphatic hydroxyl groups excluding tert-OH is 2. The quantitative estimate of drug-likeness (QED) is 0.598. The standard InChI is InChI=1S/C12H15ClN2O4/c13-9-8(10(18)15-11(19)14-9)7-1-3-12(5-16,6-17)4-2-7/h1,16-17H,2-6H2,(H2,14,15,18,19). The molecule has 1 heterocycles. The van der Waals surface area contributed by atoms with Crippen LogP contribution in [0.15, 0.2) is 15.7 Å². The summed E-state index contributed by atoms with van der Waals surface area (Å²) in [6.07, 6.45) is 3.31. The summed E-state index contributed by atoms with van der Waals surface area (Å²) in [6.45, 7) is -0.216. The number of aliphatic hydroxyl groups is 2. The molecule has 0 amide bonds. The molecular weight excluding hydrogens is 272 g/mol. The number of H-pyrrole nitrogens is 2. The number of aromatic amines is 2. The highest BCUT2D eigenvalue weighted by Gasteiger charge is 2.32. The SMILES string of the molecule is O=c1[nH]c(Cl)c(C2=CCC(CO)(CO)CC2)c(=O)[nH]1. The van der Waals surface area contributed by atoms with Crippen LogP contribution < -0.4 is 11.2 Å². The second-order valence-electron chi connectivity index (χ2n) is 4.85. The van der Waals surface area contributed by atoms with Crippen LogP contribution in [-0.4, -0.2) is 33.4 Å². The molecule has 2 rings (SSSR count). The Kier molecular flexibility index (Phi) is 3.93. The van der Waals surface area contributed by atoms with Crippen LogP contribution in [0.25, 0.3) is 5.57 Å². The highest BCUT2D eigenvalue weighted by molar-refractivity contribution is 6.31. The lowest BCUT2D eigenvalue weighted by Gasteiger charge is -2.32. The van der Waals surface area contributed by atoms with Crippen LogP contribution in [0.2, 0.25) is 5.15 Å². The Hall–Kier alpha value is -1.37. The maximum absolute atomic E-state index is 11.8. The van der Waals surface area contributed by atoms with Gasteiger partial charge in [0.05, 0.1) is 18.8 Å². The van der Waals surface area contributed by atoms with E-state index in [1.807, 2.05) is 0 Å². The summed E-state index contributed by atoms with van der Waals surface area (Å²) in [5.41, 5.74) is -0.730. The average molecular weight is 287 g/mol. The van der Waals surface area contributed by atoms with Crippen molar-refractivity contribution in [3.8, 4) is 0 Å². The molecule has 0 aliphatic heterocycles. The second kappa shape index (κ2) is 5.32. The molecule has 0 radical (unpaired) electrons. The zero-order chi connectivity index (χ0) is 14.0. The molecule has 1 aliphatic carbocycles. The smallest absolute Gasteiger partial charge is 0.326 e. The van der Waals surface area contributed by atoms with E-state index in [2.05, 4.69) is 9.97 Å². The van der Waals surface area contributed by atoms with Crippen molar-refractivity contribution in [2.45, 2.75) is 19.3 Å². The third kappa shape index (κ3) is 2.65. The van der Waals surface area contributed by atoms with Crippen LogP contribution in [0.1, 0.15) is 24.8 Å². The number of halogens is 1. The third-order valence-corrected chi connectivity index (χ3v) is 3.88. The summed E-state index contributed by atoms with van der Waals surface area (Å²) in [6, 6.07) is 0. The van der Waals surface area contributed by atoms with Gasteiger partial charge in [0.25, 0.3) is 5.56 Å². The van der Waals surface area contributed by atoms with E-state index in [1.165, 1.54) is 0 Å². The first-order chi connectivity index (χ1) is 9.01. The molecule has 1 aliphatic rings. The van der Waals surface area contributed by atoms with Crippen LogP contribution in [0.3, 0.4) is 0 Å². The first-order valence-electron chi connectivity index (χ1n) is 5.94. The van der Waals surface area contributed by atoms with Gasteiger partial charge < -0.3 is 10.2 Å². The lowest BCUT2D eigenvalue weighted by Crippen LogP contribution is -2.32. The number of allylic oxidation sites excluding steroid dienone is 2. The molecule has 1 aromatic rings. The minimum absolute atomic E-state index is 0.0143. The fraction of sp³-hybridized carbons (Fsp3) is 0.500. The molecule has 104 valence electrons. The highest BCUT2D eigenvalue weighted by Crippen LogP contribution is 2.38. The molecule has 0 fully saturated rings. The van der Waals surface area contributed by atoms with E-state index in [4.69, 9.17) is 11.6 Å². The average Bonchev–Trinajstić information content (AvgIpc) is 2.39. The van der Waals surface area contributed by atoms with Gasteiger partial charge in [-0.3, -0.25) is 14.8 Å². The van der Waals surface area contributed by atoms with Crippen molar-refractivity contribution >= 4 is 17.2 Å². The van der Waals surface area contributed by atoms with Crippen LogP contribution in [-0.2, 0) is 0 Å². The molecule has 0 unspecified atom stereocenters. The van der Waals surface area contributed by atoms with E-state index in [0.29, 0.717) is 19.3 Å². The van der Waals surface area contributed by atoms with Gasteiger partial charge in [-0.2, -0.15) is 0 Å². The topological polar surface area (TPSA) is 106 Å². The van der Waals surface area contributed by atoms with Gasteiger partial charge in [0.1, 0.15) is 5.15 Å². The fourth-order valence-electron chi connectivity index (χ4n) is 2.25. The molecule has 1 aromatic heterocycles. The van der Waals surface area contributed by atoms with Crippen molar-refractivity contribution < 1.29 is 10.2 Å². The molecule has 0 saturated heterocycles. The number of aromatic nitrogens is 2. The number of rotatable bonds is 3. The van der Waals surface area contributed by atoms with Gasteiger partial charge >= 0.3 is 5.69 Å². The second-order valence-corrected chi connectivity index (χ2v) is 5.22. The van der Waals surface area contributed by atoms with Gasteiger partial charge in [0.15, 0.2) is 0 Å². The Morgan fingerprint density at radius 1 is 1.26 bits per heavy atom. The molecule has 0 bridgehead atoms. The lowest BCUT2D eigenvalue weighted by molar-refractivity contribution is 0.0481. The van der Waals surface area contributed by atoms with Crippen molar-refractivity contribution in [3.05, 3.63) is 37.6 Å². The van der Waals surface area contributed by atoms with Gasteiger partial charge in [-0.25, -0.2) is 4.79 Å². The zero-order valence-corrected chi connectivity index (χ0v) is 11.0. The molecule has 7 heteroatoms. The molecule has 19 heavy (non-hydrogen) atoms. The zero-order valence-electron chi connectivity index (χ0n) is 10.2. The Bertz CT molecular complexity index is 613. The Labute approximate surface area is 113 Å². The third-order valence-electron chi connectivity index (χ3n) is 3.59. The van der Waals surface area contributed by atoms with Crippen molar-refractivity contribution in [1.82, 2.24) is 9.97 Å². The van der Waals surface area contributed by atoms with Crippen LogP contribution in [0, 0.1) is 5.41 Å². The lowest BCUT2D eigenvalue weighted by atomic mass is 9.75. The summed E-state index contributed by atoms with van der Waals surface area (Å²) in [5.74, 6) is 0. The first kappa shape index (κ1) is 14.0. The van der Waals surface area contributed by atoms with Gasteiger partial charge in [0, 0.05) is 5.41 Å². The maximum Gasteiger partial charge on any atom is 0.326 e. The maximum atomic E-state index is 11.8. The van der Waals surface area contributed by atoms with Crippen LogP contribution in [0.5, 0.6) is 0 Å². The minimum atomic E-state index is -0.643. The predicted molar refractivity (Wildman–Crippen MR) is 71.1 cm³/mol. The Morgan fingerprint density at radius 2 is 1.95 bits per heavy atom. The normalized spacial score (nSPS) is 18.2. The minimum Gasteiger partial charge on any atom is -0.396 e. The van der Waals surface area contributed by atoms with E-state index in [-0.39, 0.29) is 23.9 Å². The summed E-state index contributed by atoms with van der Waals surface area (Å²) in [7, 11) is 0. The molecule has 0 saturated carbocycles. The Balaban J connectivity index is 2.39. The summed E-state index contributed by atoms with van der Waals surface area (Å²) in [4.78, 5) is 27.3. The summed E-state index contributed by atoms with van der Waals surface area (Å²) < 4.78 is 0. The van der Waals surface area contributed by atoms with Gasteiger partial charge in [0.2, 0.25) is 0 Å². The monoisotopic (exact) mass is 286 g/mol. The number of hydrogen-bond donors (Lipinski definition) is 4. The molecule has 0 aromatic carbocycles. The molecule has 4 N–H and O–H groups in total. The van der Waals surface area contributed by atoms with Crippen molar-refractivity contribution in [2.24, 2.45) is 5.41 Å². The Morgan fingerprint density at radius 3 is 2.42 bits per heavy atom. The predicted octanol–water partition coefficient (Wildman–Crippen LogP) is 0.255. The van der Waals surface area contributed by atoms with E-state index in [0.717, 1.165) is 5.57 Å². The van der Waals surface area contributed by atoms with Crippen molar-refractivity contribution in [3.63, 3.8) is 0 Å². The first-order valence-corrected chi connectivity index (χ1v) is 6.32. The van der Waals surface area contributed by atoms with Crippen molar-refractivity contribution in [1.29, 1.82) is 0 Å². The molecule has 0 atom stereocenters. The number of hydrogen-bond acceptors (Lipinski definition) is 4.